The molecule has 0 rings (SSSR count). The molecule has 4 nitrogen and oxygen atoms in total. The lowest BCUT2D eigenvalue weighted by Gasteiger charge is -2.14. The van der Waals surface area contributed by atoms with Crippen molar-refractivity contribution in [3.8, 4) is 0 Å². The number of nitrogens with zero attached hydrogens (tertiary/aromatic N) is 1. The molecule has 0 heterocycles. The van der Waals surface area contributed by atoms with Crippen LogP contribution in [0.3, 0.4) is 0 Å². The Kier molecular flexibility index (Phi) is 7.42. The van der Waals surface area contributed by atoms with Crippen LogP contribution in [-0.2, 0) is 9.53 Å². The molecule has 0 fully saturated rings. The first-order valence-corrected chi connectivity index (χ1v) is 5.01. The van der Waals surface area contributed by atoms with E-state index in [2.05, 4.69) is 29.0 Å². The van der Waals surface area contributed by atoms with Gasteiger partial charge in [0.15, 0.2) is 0 Å². The first-order chi connectivity index (χ1) is 6.56. The van der Waals surface area contributed by atoms with E-state index in [0.29, 0.717) is 6.42 Å². The number of nitrogens with one attached hydrogen (secondary N) is 1. The van der Waals surface area contributed by atoms with Crippen molar-refractivity contribution >= 4 is 5.97 Å². The molecular weight excluding hydrogens is 180 g/mol. The Morgan fingerprint density at radius 3 is 2.64 bits per heavy atom. The zero-order valence-electron chi connectivity index (χ0n) is 9.67. The molecule has 14 heavy (non-hydrogen) atoms. The minimum Gasteiger partial charge on any atom is -0.469 e. The Morgan fingerprint density at radius 1 is 1.50 bits per heavy atom. The number of hydrogen-bond acceptors (Lipinski definition) is 4. The molecule has 1 unspecified atom stereocenters. The quantitative estimate of drug-likeness (QED) is 0.481. The summed E-state index contributed by atoms with van der Waals surface area (Å²) in [4.78, 5) is 13.0. The monoisotopic (exact) mass is 202 g/mol. The third kappa shape index (κ3) is 8.01. The van der Waals surface area contributed by atoms with Gasteiger partial charge in [-0.3, -0.25) is 4.79 Å². The van der Waals surface area contributed by atoms with E-state index >= 15 is 0 Å². The van der Waals surface area contributed by atoms with E-state index < -0.39 is 0 Å². The maximum Gasteiger partial charge on any atom is 0.307 e. The summed E-state index contributed by atoms with van der Waals surface area (Å²) in [6, 6.07) is 0.199. The van der Waals surface area contributed by atoms with Gasteiger partial charge in [0.1, 0.15) is 0 Å². The normalized spacial score (nSPS) is 12.9. The first kappa shape index (κ1) is 13.4. The predicted molar refractivity (Wildman–Crippen MR) is 57.3 cm³/mol. The fourth-order valence-corrected chi connectivity index (χ4v) is 1.15. The topological polar surface area (TPSA) is 41.6 Å². The zero-order valence-corrected chi connectivity index (χ0v) is 9.67. The van der Waals surface area contributed by atoms with Gasteiger partial charge in [0.05, 0.1) is 13.5 Å². The van der Waals surface area contributed by atoms with E-state index in [9.17, 15) is 4.79 Å². The lowest BCUT2D eigenvalue weighted by molar-refractivity contribution is -0.141. The summed E-state index contributed by atoms with van der Waals surface area (Å²) in [6.07, 6.45) is 1.54. The van der Waals surface area contributed by atoms with Gasteiger partial charge in [-0.2, -0.15) is 0 Å². The van der Waals surface area contributed by atoms with Crippen LogP contribution in [0.1, 0.15) is 19.8 Å². The maximum absolute atomic E-state index is 10.9. The van der Waals surface area contributed by atoms with Gasteiger partial charge in [0, 0.05) is 6.04 Å². The molecule has 1 atom stereocenters. The molecule has 0 radical (unpaired) electrons. The van der Waals surface area contributed by atoms with Gasteiger partial charge in [0.25, 0.3) is 0 Å². The highest BCUT2D eigenvalue weighted by molar-refractivity contribution is 5.69. The number of carbonyl (C=O) groups excluding carboxylic acids is 1. The second kappa shape index (κ2) is 7.76. The SMILES string of the molecule is COC(=O)CC(C)NCCCN(C)C. The van der Waals surface area contributed by atoms with Crippen molar-refractivity contribution in [3.63, 3.8) is 0 Å². The van der Waals surface area contributed by atoms with Gasteiger partial charge >= 0.3 is 5.97 Å². The highest BCUT2D eigenvalue weighted by Gasteiger charge is 2.07. The van der Waals surface area contributed by atoms with Gasteiger partial charge in [-0.25, -0.2) is 0 Å². The Hall–Kier alpha value is -0.610. The van der Waals surface area contributed by atoms with Crippen LogP contribution in [0.4, 0.5) is 0 Å². The molecule has 0 aliphatic heterocycles. The summed E-state index contributed by atoms with van der Waals surface area (Å²) in [5.41, 5.74) is 0. The highest BCUT2D eigenvalue weighted by atomic mass is 16.5. The number of rotatable bonds is 7. The van der Waals surface area contributed by atoms with Crippen molar-refractivity contribution in [2.45, 2.75) is 25.8 Å². The average Bonchev–Trinajstić information content (AvgIpc) is 2.12. The molecule has 4 heteroatoms. The van der Waals surface area contributed by atoms with Crippen LogP contribution in [0, 0.1) is 0 Å². The summed E-state index contributed by atoms with van der Waals surface area (Å²) in [7, 11) is 5.52. The molecule has 1 N–H and O–H groups in total. The standard InChI is InChI=1S/C10H22N2O2/c1-9(8-10(13)14-4)11-6-5-7-12(2)3/h9,11H,5-8H2,1-4H3. The van der Waals surface area contributed by atoms with Gasteiger partial charge in [-0.05, 0) is 40.5 Å². The second-order valence-electron chi connectivity index (χ2n) is 3.79. The molecule has 0 aliphatic carbocycles. The largest absolute Gasteiger partial charge is 0.469 e. The van der Waals surface area contributed by atoms with Crippen LogP contribution >= 0.6 is 0 Å². The molecule has 0 aliphatic rings. The highest BCUT2D eigenvalue weighted by Crippen LogP contribution is 1.93. The van der Waals surface area contributed by atoms with Crippen LogP contribution in [-0.4, -0.2) is 51.2 Å². The molecule has 0 saturated heterocycles. The van der Waals surface area contributed by atoms with Crippen molar-refractivity contribution in [1.29, 1.82) is 0 Å². The van der Waals surface area contributed by atoms with Crippen molar-refractivity contribution in [3.05, 3.63) is 0 Å². The van der Waals surface area contributed by atoms with Gasteiger partial charge in [-0.15, -0.1) is 0 Å². The van der Waals surface area contributed by atoms with Crippen LogP contribution in [0.15, 0.2) is 0 Å². The average molecular weight is 202 g/mol. The number of carbonyl (C=O) groups is 1. The fourth-order valence-electron chi connectivity index (χ4n) is 1.15. The molecule has 0 aromatic rings. The lowest BCUT2D eigenvalue weighted by atomic mass is 10.2. The fraction of sp³-hybridized carbons (Fsp3) is 0.900. The summed E-state index contributed by atoms with van der Waals surface area (Å²) in [6.45, 7) is 4.00. The molecule has 0 saturated carbocycles. The van der Waals surface area contributed by atoms with Crippen molar-refractivity contribution in [2.24, 2.45) is 0 Å². The first-order valence-electron chi connectivity index (χ1n) is 5.01. The van der Waals surface area contributed by atoms with E-state index in [1.165, 1.54) is 7.11 Å². The van der Waals surface area contributed by atoms with Crippen molar-refractivity contribution in [2.75, 3.05) is 34.3 Å². The summed E-state index contributed by atoms with van der Waals surface area (Å²) >= 11 is 0. The van der Waals surface area contributed by atoms with Gasteiger partial charge in [0.2, 0.25) is 0 Å². The van der Waals surface area contributed by atoms with Crippen LogP contribution in [0.5, 0.6) is 0 Å². The molecular formula is C10H22N2O2. The predicted octanol–water partition coefficient (Wildman–Crippen LogP) is 0.479. The summed E-state index contributed by atoms with van der Waals surface area (Å²) < 4.78 is 4.58. The van der Waals surface area contributed by atoms with Gasteiger partial charge in [-0.1, -0.05) is 0 Å². The minimum absolute atomic E-state index is 0.155. The smallest absolute Gasteiger partial charge is 0.307 e. The Bertz CT molecular complexity index is 160. The third-order valence-electron chi connectivity index (χ3n) is 1.98. The Morgan fingerprint density at radius 2 is 2.14 bits per heavy atom. The Balaban J connectivity index is 3.35. The summed E-state index contributed by atoms with van der Waals surface area (Å²) in [5.74, 6) is -0.155. The van der Waals surface area contributed by atoms with Crippen LogP contribution < -0.4 is 5.32 Å². The van der Waals surface area contributed by atoms with E-state index in [0.717, 1.165) is 19.5 Å². The molecule has 0 aromatic heterocycles. The molecule has 0 amide bonds. The number of esters is 1. The Labute approximate surface area is 86.6 Å². The van der Waals surface area contributed by atoms with Crippen molar-refractivity contribution < 1.29 is 9.53 Å². The van der Waals surface area contributed by atoms with E-state index in [1.54, 1.807) is 0 Å². The third-order valence-corrected chi connectivity index (χ3v) is 1.98. The maximum atomic E-state index is 10.9. The van der Waals surface area contributed by atoms with E-state index in [1.807, 2.05) is 6.92 Å². The minimum atomic E-state index is -0.155. The van der Waals surface area contributed by atoms with Crippen LogP contribution in [0.25, 0.3) is 0 Å². The molecule has 84 valence electrons. The number of hydrogen-bond donors (Lipinski definition) is 1. The number of ether oxygens (including phenoxy) is 1. The second-order valence-corrected chi connectivity index (χ2v) is 3.79. The molecule has 0 spiro atoms. The van der Waals surface area contributed by atoms with E-state index in [-0.39, 0.29) is 12.0 Å². The lowest BCUT2D eigenvalue weighted by Crippen LogP contribution is -2.31. The summed E-state index contributed by atoms with van der Waals surface area (Å²) in [5, 5.41) is 3.28. The zero-order chi connectivity index (χ0) is 11.0. The van der Waals surface area contributed by atoms with Gasteiger partial charge < -0.3 is 15.0 Å². The van der Waals surface area contributed by atoms with Crippen LogP contribution in [0.2, 0.25) is 0 Å². The van der Waals surface area contributed by atoms with Crippen molar-refractivity contribution in [1.82, 2.24) is 10.2 Å². The number of methoxy groups -OCH3 is 1. The van der Waals surface area contributed by atoms with E-state index in [4.69, 9.17) is 0 Å². The molecule has 0 bridgehead atoms. The molecule has 0 aromatic carbocycles.